The summed E-state index contributed by atoms with van der Waals surface area (Å²) in [7, 11) is -3.57. The second kappa shape index (κ2) is 9.68. The van der Waals surface area contributed by atoms with E-state index in [-0.39, 0.29) is 34.9 Å². The molecule has 146 valence electrons. The number of hydrogen-bond acceptors (Lipinski definition) is 5. The van der Waals surface area contributed by atoms with E-state index >= 15 is 0 Å². The van der Waals surface area contributed by atoms with Crippen molar-refractivity contribution >= 4 is 21.9 Å². The Bertz CT molecular complexity index is 710. The molecule has 1 aromatic carbocycles. The zero-order valence-corrected chi connectivity index (χ0v) is 16.8. The van der Waals surface area contributed by atoms with Crippen LogP contribution in [0, 0.1) is 5.92 Å². The number of esters is 1. The summed E-state index contributed by atoms with van der Waals surface area (Å²) in [6.45, 7) is 9.71. The highest BCUT2D eigenvalue weighted by atomic mass is 32.2. The molecule has 0 aliphatic carbocycles. The largest absolute Gasteiger partial charge is 0.452 e. The van der Waals surface area contributed by atoms with E-state index in [2.05, 4.69) is 5.32 Å². The SMILES string of the molecule is CCN(CC)S(=O)(=O)c1ccc(C(=O)OCC(=O)N[C@@H](C)C(C)C)cc1. The van der Waals surface area contributed by atoms with Gasteiger partial charge in [0, 0.05) is 19.1 Å². The topological polar surface area (TPSA) is 92.8 Å². The number of amides is 1. The summed E-state index contributed by atoms with van der Waals surface area (Å²) in [6, 6.07) is 5.47. The lowest BCUT2D eigenvalue weighted by Crippen LogP contribution is -2.38. The zero-order valence-electron chi connectivity index (χ0n) is 16.0. The van der Waals surface area contributed by atoms with E-state index in [0.717, 1.165) is 0 Å². The Hall–Kier alpha value is -1.93. The molecule has 0 aliphatic heterocycles. The molecule has 8 heteroatoms. The molecule has 0 unspecified atom stereocenters. The van der Waals surface area contributed by atoms with Gasteiger partial charge >= 0.3 is 5.97 Å². The number of carbonyl (C=O) groups excluding carboxylic acids is 2. The van der Waals surface area contributed by atoms with E-state index in [1.807, 2.05) is 20.8 Å². The minimum atomic E-state index is -3.57. The molecule has 1 amide bonds. The van der Waals surface area contributed by atoms with Crippen LogP contribution in [0.2, 0.25) is 0 Å². The van der Waals surface area contributed by atoms with Gasteiger partial charge in [-0.05, 0) is 37.1 Å². The smallest absolute Gasteiger partial charge is 0.338 e. The average molecular weight is 384 g/mol. The Balaban J connectivity index is 2.71. The molecule has 0 bridgehead atoms. The maximum atomic E-state index is 12.4. The first-order valence-electron chi connectivity index (χ1n) is 8.70. The number of carbonyl (C=O) groups is 2. The highest BCUT2D eigenvalue weighted by Crippen LogP contribution is 2.16. The second-order valence-electron chi connectivity index (χ2n) is 6.29. The second-order valence-corrected chi connectivity index (χ2v) is 8.23. The van der Waals surface area contributed by atoms with Gasteiger partial charge in [-0.1, -0.05) is 27.7 Å². The molecule has 7 nitrogen and oxygen atoms in total. The maximum absolute atomic E-state index is 12.4. The van der Waals surface area contributed by atoms with Crippen LogP contribution >= 0.6 is 0 Å². The summed E-state index contributed by atoms with van der Waals surface area (Å²) in [5.41, 5.74) is 0.188. The molecule has 26 heavy (non-hydrogen) atoms. The van der Waals surface area contributed by atoms with Gasteiger partial charge in [-0.15, -0.1) is 0 Å². The molecule has 0 aliphatic rings. The van der Waals surface area contributed by atoms with E-state index in [4.69, 9.17) is 4.74 Å². The molecule has 0 saturated carbocycles. The van der Waals surface area contributed by atoms with Gasteiger partial charge in [0.05, 0.1) is 10.5 Å². The summed E-state index contributed by atoms with van der Waals surface area (Å²) >= 11 is 0. The van der Waals surface area contributed by atoms with Crippen LogP contribution in [0.4, 0.5) is 0 Å². The van der Waals surface area contributed by atoms with Gasteiger partial charge in [0.25, 0.3) is 5.91 Å². The molecule has 1 N–H and O–H groups in total. The molecule has 0 fully saturated rings. The van der Waals surface area contributed by atoms with Gasteiger partial charge in [0.15, 0.2) is 6.61 Å². The first-order chi connectivity index (χ1) is 12.1. The van der Waals surface area contributed by atoms with E-state index in [1.165, 1.54) is 28.6 Å². The third kappa shape index (κ3) is 5.81. The summed E-state index contributed by atoms with van der Waals surface area (Å²) in [5, 5.41) is 2.74. The minimum Gasteiger partial charge on any atom is -0.452 e. The lowest BCUT2D eigenvalue weighted by atomic mass is 10.1. The molecule has 0 aromatic heterocycles. The number of hydrogen-bond donors (Lipinski definition) is 1. The van der Waals surface area contributed by atoms with Crippen LogP contribution in [0.25, 0.3) is 0 Å². The predicted octanol–water partition coefficient (Wildman–Crippen LogP) is 2.03. The van der Waals surface area contributed by atoms with Gasteiger partial charge < -0.3 is 10.1 Å². The molecule has 0 spiro atoms. The Morgan fingerprint density at radius 3 is 2.08 bits per heavy atom. The van der Waals surface area contributed by atoms with Gasteiger partial charge in [0.2, 0.25) is 10.0 Å². The normalized spacial score (nSPS) is 12.9. The number of benzene rings is 1. The number of rotatable bonds is 9. The molecule has 0 heterocycles. The fourth-order valence-electron chi connectivity index (χ4n) is 2.15. The highest BCUT2D eigenvalue weighted by molar-refractivity contribution is 7.89. The van der Waals surface area contributed by atoms with Crippen LogP contribution in [0.5, 0.6) is 0 Å². The molecule has 1 rings (SSSR count). The molecule has 1 aromatic rings. The molecule has 0 radical (unpaired) electrons. The Morgan fingerprint density at radius 1 is 1.08 bits per heavy atom. The van der Waals surface area contributed by atoms with Crippen molar-refractivity contribution in [3.63, 3.8) is 0 Å². The number of sulfonamides is 1. The molecular formula is C18H28N2O5S. The standard InChI is InChI=1S/C18H28N2O5S/c1-6-20(7-2)26(23,24)16-10-8-15(9-11-16)18(22)25-12-17(21)19-14(5)13(3)4/h8-11,13-14H,6-7,12H2,1-5H3,(H,19,21)/t14-/m0/s1. The van der Waals surface area contributed by atoms with E-state index < -0.39 is 16.0 Å². The zero-order chi connectivity index (χ0) is 19.9. The monoisotopic (exact) mass is 384 g/mol. The first-order valence-corrected chi connectivity index (χ1v) is 10.1. The van der Waals surface area contributed by atoms with Crippen molar-refractivity contribution in [2.75, 3.05) is 19.7 Å². The van der Waals surface area contributed by atoms with Crippen molar-refractivity contribution in [2.24, 2.45) is 5.92 Å². The van der Waals surface area contributed by atoms with E-state index in [9.17, 15) is 18.0 Å². The average Bonchev–Trinajstić information content (AvgIpc) is 2.60. The van der Waals surface area contributed by atoms with Crippen LogP contribution in [0.3, 0.4) is 0 Å². The van der Waals surface area contributed by atoms with Crippen LogP contribution in [-0.4, -0.2) is 50.3 Å². The quantitative estimate of drug-likeness (QED) is 0.658. The molecule has 0 saturated heterocycles. The summed E-state index contributed by atoms with van der Waals surface area (Å²) < 4.78 is 31.1. The van der Waals surface area contributed by atoms with Crippen LogP contribution < -0.4 is 5.32 Å². The van der Waals surface area contributed by atoms with Crippen molar-refractivity contribution in [1.29, 1.82) is 0 Å². The Morgan fingerprint density at radius 2 is 1.62 bits per heavy atom. The summed E-state index contributed by atoms with van der Waals surface area (Å²) in [5.74, 6) is -0.778. The van der Waals surface area contributed by atoms with E-state index in [1.54, 1.807) is 13.8 Å². The van der Waals surface area contributed by atoms with Crippen molar-refractivity contribution in [3.8, 4) is 0 Å². The van der Waals surface area contributed by atoms with Crippen molar-refractivity contribution in [2.45, 2.75) is 45.6 Å². The molecule has 1 atom stereocenters. The highest BCUT2D eigenvalue weighted by Gasteiger charge is 2.22. The van der Waals surface area contributed by atoms with Gasteiger partial charge in [-0.25, -0.2) is 13.2 Å². The first kappa shape index (κ1) is 22.1. The summed E-state index contributed by atoms with van der Waals surface area (Å²) in [6.07, 6.45) is 0. The predicted molar refractivity (Wildman–Crippen MR) is 99.3 cm³/mol. The van der Waals surface area contributed by atoms with E-state index in [0.29, 0.717) is 13.1 Å². The van der Waals surface area contributed by atoms with Crippen molar-refractivity contribution in [3.05, 3.63) is 29.8 Å². The molecular weight excluding hydrogens is 356 g/mol. The van der Waals surface area contributed by atoms with Crippen molar-refractivity contribution < 1.29 is 22.7 Å². The maximum Gasteiger partial charge on any atom is 0.338 e. The van der Waals surface area contributed by atoms with Gasteiger partial charge in [-0.3, -0.25) is 4.79 Å². The third-order valence-electron chi connectivity index (χ3n) is 4.16. The summed E-state index contributed by atoms with van der Waals surface area (Å²) in [4.78, 5) is 23.9. The lowest BCUT2D eigenvalue weighted by molar-refractivity contribution is -0.125. The van der Waals surface area contributed by atoms with Crippen molar-refractivity contribution in [1.82, 2.24) is 9.62 Å². The Kier molecular flexibility index (Phi) is 8.23. The lowest BCUT2D eigenvalue weighted by Gasteiger charge is -2.18. The van der Waals surface area contributed by atoms with Crippen LogP contribution in [-0.2, 0) is 19.6 Å². The van der Waals surface area contributed by atoms with Crippen LogP contribution in [0.1, 0.15) is 45.0 Å². The fraction of sp³-hybridized carbons (Fsp3) is 0.556. The number of nitrogens with one attached hydrogen (secondary N) is 1. The third-order valence-corrected chi connectivity index (χ3v) is 6.22. The Labute approximate surface area is 155 Å². The number of nitrogens with zero attached hydrogens (tertiary/aromatic N) is 1. The van der Waals surface area contributed by atoms with Gasteiger partial charge in [0.1, 0.15) is 0 Å². The van der Waals surface area contributed by atoms with Crippen LogP contribution in [0.15, 0.2) is 29.2 Å². The number of ether oxygens (including phenoxy) is 1. The minimum absolute atomic E-state index is 0.0224. The fourth-order valence-corrected chi connectivity index (χ4v) is 3.61. The van der Waals surface area contributed by atoms with Gasteiger partial charge in [-0.2, -0.15) is 4.31 Å².